The fourth-order valence-corrected chi connectivity index (χ4v) is 1.28. The van der Waals surface area contributed by atoms with Crippen molar-refractivity contribution in [3.05, 3.63) is 36.5 Å². The first kappa shape index (κ1) is 9.51. The van der Waals surface area contributed by atoms with E-state index in [9.17, 15) is 0 Å². The molecule has 1 atom stereocenters. The smallest absolute Gasteiger partial charge is 0.132 e. The predicted molar refractivity (Wildman–Crippen MR) is 57.2 cm³/mol. The van der Waals surface area contributed by atoms with Gasteiger partial charge in [0.25, 0.3) is 0 Å². The van der Waals surface area contributed by atoms with Crippen molar-refractivity contribution in [1.29, 1.82) is 0 Å². The molecule has 0 aliphatic rings. The molecule has 0 fully saturated rings. The summed E-state index contributed by atoms with van der Waals surface area (Å²) in [5.41, 5.74) is 5.54. The summed E-state index contributed by atoms with van der Waals surface area (Å²) in [6.07, 6.45) is 3.06. The highest BCUT2D eigenvalue weighted by Crippen LogP contribution is 2.18. The van der Waals surface area contributed by atoms with Crippen LogP contribution in [0, 0.1) is 0 Å². The molecule has 0 saturated heterocycles. The molecule has 0 bridgehead atoms. The van der Waals surface area contributed by atoms with Gasteiger partial charge in [0.2, 0.25) is 0 Å². The number of anilines is 2. The van der Waals surface area contributed by atoms with Crippen LogP contribution in [-0.2, 0) is 0 Å². The zero-order valence-electron chi connectivity index (χ0n) is 8.34. The summed E-state index contributed by atoms with van der Waals surface area (Å²) >= 11 is 0. The summed E-state index contributed by atoms with van der Waals surface area (Å²) in [5.74, 6) is 1.98. The van der Waals surface area contributed by atoms with Gasteiger partial charge in [-0.15, -0.1) is 0 Å². The molecule has 2 heterocycles. The number of hydrogen-bond donors (Lipinski definition) is 2. The Hall–Kier alpha value is -2.04. The topological polar surface area (TPSA) is 77.0 Å². The molecule has 5 nitrogen and oxygen atoms in total. The van der Waals surface area contributed by atoms with Crippen LogP contribution in [0.5, 0.6) is 0 Å². The van der Waals surface area contributed by atoms with Gasteiger partial charge in [0.1, 0.15) is 23.7 Å². The van der Waals surface area contributed by atoms with E-state index in [0.717, 1.165) is 5.76 Å². The van der Waals surface area contributed by atoms with Crippen molar-refractivity contribution in [2.75, 3.05) is 11.1 Å². The first-order valence-electron chi connectivity index (χ1n) is 4.63. The van der Waals surface area contributed by atoms with E-state index in [0.29, 0.717) is 11.6 Å². The van der Waals surface area contributed by atoms with Gasteiger partial charge in [-0.2, -0.15) is 0 Å². The summed E-state index contributed by atoms with van der Waals surface area (Å²) in [6.45, 7) is 1.98. The number of nitrogens with one attached hydrogen (secondary N) is 1. The number of aromatic nitrogens is 2. The fraction of sp³-hybridized carbons (Fsp3) is 0.200. The molecule has 2 aromatic heterocycles. The summed E-state index contributed by atoms with van der Waals surface area (Å²) in [6, 6.07) is 5.48. The van der Waals surface area contributed by atoms with Crippen LogP contribution >= 0.6 is 0 Å². The molecular weight excluding hydrogens is 192 g/mol. The van der Waals surface area contributed by atoms with Gasteiger partial charge >= 0.3 is 0 Å². The summed E-state index contributed by atoms with van der Waals surface area (Å²) in [7, 11) is 0. The van der Waals surface area contributed by atoms with Crippen molar-refractivity contribution < 1.29 is 4.42 Å². The Balaban J connectivity index is 2.09. The Morgan fingerprint density at radius 3 is 3.00 bits per heavy atom. The summed E-state index contributed by atoms with van der Waals surface area (Å²) in [5, 5.41) is 3.16. The van der Waals surface area contributed by atoms with Gasteiger partial charge in [-0.1, -0.05) is 0 Å². The number of nitrogens with zero attached hydrogens (tertiary/aromatic N) is 2. The van der Waals surface area contributed by atoms with Gasteiger partial charge in [0.05, 0.1) is 12.3 Å². The van der Waals surface area contributed by atoms with E-state index in [4.69, 9.17) is 10.2 Å². The van der Waals surface area contributed by atoms with Crippen molar-refractivity contribution in [1.82, 2.24) is 9.97 Å². The van der Waals surface area contributed by atoms with Crippen molar-refractivity contribution in [2.45, 2.75) is 13.0 Å². The van der Waals surface area contributed by atoms with Crippen LogP contribution in [0.2, 0.25) is 0 Å². The standard InChI is InChI=1S/C10H12N4O/c1-7(8-3-2-4-15-8)14-10-5-9(11)12-6-13-10/h2-7H,1H3,(H3,11,12,13,14). The maximum atomic E-state index is 5.54. The minimum atomic E-state index is 0.0503. The lowest BCUT2D eigenvalue weighted by atomic mass is 10.2. The van der Waals surface area contributed by atoms with Crippen LogP contribution < -0.4 is 11.1 Å². The van der Waals surface area contributed by atoms with Crippen LogP contribution in [-0.4, -0.2) is 9.97 Å². The Bertz CT molecular complexity index is 427. The molecule has 2 rings (SSSR count). The highest BCUT2D eigenvalue weighted by atomic mass is 16.3. The zero-order chi connectivity index (χ0) is 10.7. The van der Waals surface area contributed by atoms with Gasteiger partial charge < -0.3 is 15.5 Å². The largest absolute Gasteiger partial charge is 0.467 e. The van der Waals surface area contributed by atoms with Gasteiger partial charge in [0.15, 0.2) is 0 Å². The second-order valence-electron chi connectivity index (χ2n) is 3.21. The van der Waals surface area contributed by atoms with Crippen LogP contribution in [0.15, 0.2) is 35.2 Å². The highest BCUT2D eigenvalue weighted by molar-refractivity contribution is 5.44. The van der Waals surface area contributed by atoms with Crippen molar-refractivity contribution in [3.8, 4) is 0 Å². The maximum Gasteiger partial charge on any atom is 0.132 e. The Kier molecular flexibility index (Phi) is 2.53. The van der Waals surface area contributed by atoms with Crippen LogP contribution in [0.4, 0.5) is 11.6 Å². The molecule has 0 saturated carbocycles. The summed E-state index contributed by atoms with van der Waals surface area (Å²) < 4.78 is 5.26. The lowest BCUT2D eigenvalue weighted by Gasteiger charge is -2.11. The minimum absolute atomic E-state index is 0.0503. The molecule has 2 aromatic rings. The van der Waals surface area contributed by atoms with Gasteiger partial charge in [-0.25, -0.2) is 9.97 Å². The first-order valence-corrected chi connectivity index (χ1v) is 4.63. The molecule has 1 unspecified atom stereocenters. The van der Waals surface area contributed by atoms with E-state index >= 15 is 0 Å². The van der Waals surface area contributed by atoms with E-state index in [1.54, 1.807) is 12.3 Å². The molecular formula is C10H12N4O. The second-order valence-corrected chi connectivity index (χ2v) is 3.21. The van der Waals surface area contributed by atoms with E-state index in [-0.39, 0.29) is 6.04 Å². The van der Waals surface area contributed by atoms with Crippen LogP contribution in [0.25, 0.3) is 0 Å². The Morgan fingerprint density at radius 1 is 1.47 bits per heavy atom. The average molecular weight is 204 g/mol. The third kappa shape index (κ3) is 2.25. The monoisotopic (exact) mass is 204 g/mol. The number of hydrogen-bond acceptors (Lipinski definition) is 5. The van der Waals surface area contributed by atoms with E-state index in [1.165, 1.54) is 6.33 Å². The Morgan fingerprint density at radius 2 is 2.33 bits per heavy atom. The van der Waals surface area contributed by atoms with Crippen molar-refractivity contribution >= 4 is 11.6 Å². The predicted octanol–water partition coefficient (Wildman–Crippen LogP) is 1.82. The lowest BCUT2D eigenvalue weighted by molar-refractivity contribution is 0.490. The van der Waals surface area contributed by atoms with Gasteiger partial charge in [0, 0.05) is 6.07 Å². The molecule has 0 spiro atoms. The molecule has 0 aromatic carbocycles. The number of furan rings is 1. The number of rotatable bonds is 3. The van der Waals surface area contributed by atoms with Crippen molar-refractivity contribution in [2.24, 2.45) is 0 Å². The molecule has 0 aliphatic heterocycles. The highest BCUT2D eigenvalue weighted by Gasteiger charge is 2.08. The van der Waals surface area contributed by atoms with E-state index in [2.05, 4.69) is 15.3 Å². The minimum Gasteiger partial charge on any atom is -0.467 e. The summed E-state index contributed by atoms with van der Waals surface area (Å²) in [4.78, 5) is 7.86. The van der Waals surface area contributed by atoms with Crippen molar-refractivity contribution in [3.63, 3.8) is 0 Å². The molecule has 5 heteroatoms. The Labute approximate surface area is 87.3 Å². The van der Waals surface area contributed by atoms with Crippen LogP contribution in [0.3, 0.4) is 0 Å². The third-order valence-corrected chi connectivity index (χ3v) is 2.02. The second kappa shape index (κ2) is 4.00. The van der Waals surface area contributed by atoms with Crippen LogP contribution in [0.1, 0.15) is 18.7 Å². The van der Waals surface area contributed by atoms with Gasteiger partial charge in [-0.3, -0.25) is 0 Å². The molecule has 0 amide bonds. The van der Waals surface area contributed by atoms with E-state index < -0.39 is 0 Å². The fourth-order valence-electron chi connectivity index (χ4n) is 1.28. The normalized spacial score (nSPS) is 12.3. The van der Waals surface area contributed by atoms with Gasteiger partial charge in [-0.05, 0) is 19.1 Å². The average Bonchev–Trinajstić information content (AvgIpc) is 2.70. The number of nitrogens with two attached hydrogens (primary N) is 1. The molecule has 0 radical (unpaired) electrons. The SMILES string of the molecule is CC(Nc1cc(N)ncn1)c1ccco1. The molecule has 0 aliphatic carbocycles. The number of nitrogen functional groups attached to an aromatic ring is 1. The quantitative estimate of drug-likeness (QED) is 0.797. The third-order valence-electron chi connectivity index (χ3n) is 2.02. The first-order chi connectivity index (χ1) is 7.25. The molecule has 15 heavy (non-hydrogen) atoms. The molecule has 78 valence electrons. The lowest BCUT2D eigenvalue weighted by Crippen LogP contribution is -2.07. The molecule has 3 N–H and O–H groups in total. The maximum absolute atomic E-state index is 5.54. The van der Waals surface area contributed by atoms with E-state index in [1.807, 2.05) is 19.1 Å². The zero-order valence-corrected chi connectivity index (χ0v) is 8.34.